The Hall–Kier alpha value is -1.13. The molecular weight excluding hydrogens is 267 g/mol. The summed E-state index contributed by atoms with van der Waals surface area (Å²) in [5, 5.41) is 3.95. The molecule has 1 aliphatic heterocycles. The van der Waals surface area contributed by atoms with Gasteiger partial charge in [0.2, 0.25) is 5.91 Å². The zero-order valence-corrected chi connectivity index (χ0v) is 11.7. The molecule has 2 rings (SSSR count). The van der Waals surface area contributed by atoms with Gasteiger partial charge >= 0.3 is 0 Å². The molecule has 0 saturated carbocycles. The molecule has 1 aliphatic rings. The van der Waals surface area contributed by atoms with Crippen LogP contribution in [0.4, 0.5) is 4.39 Å². The van der Waals surface area contributed by atoms with Gasteiger partial charge in [-0.3, -0.25) is 9.18 Å². The van der Waals surface area contributed by atoms with Crippen molar-refractivity contribution in [2.75, 3.05) is 20.3 Å². The topological polar surface area (TPSA) is 32.3 Å². The number of rotatable bonds is 5. The fourth-order valence-electron chi connectivity index (χ4n) is 2.52. The van der Waals surface area contributed by atoms with Gasteiger partial charge in [0.1, 0.15) is 0 Å². The number of alkyl halides is 1. The monoisotopic (exact) mass is 284 g/mol. The van der Waals surface area contributed by atoms with E-state index in [-0.39, 0.29) is 24.7 Å². The van der Waals surface area contributed by atoms with Crippen molar-refractivity contribution in [3.63, 3.8) is 0 Å². The van der Waals surface area contributed by atoms with Crippen molar-refractivity contribution in [3.8, 4) is 0 Å². The number of nitrogens with one attached hydrogen (secondary N) is 1. The van der Waals surface area contributed by atoms with E-state index in [0.29, 0.717) is 24.4 Å². The molecule has 0 bridgehead atoms. The van der Waals surface area contributed by atoms with E-state index in [0.717, 1.165) is 5.56 Å². The highest BCUT2D eigenvalue weighted by Crippen LogP contribution is 2.32. The van der Waals surface area contributed by atoms with Gasteiger partial charge in [0.15, 0.2) is 0 Å². The Labute approximate surface area is 117 Å². The molecule has 1 aromatic carbocycles. The molecule has 1 saturated heterocycles. The lowest BCUT2D eigenvalue weighted by atomic mass is 10.00. The number of amides is 1. The molecule has 0 spiro atoms. The second-order valence-corrected chi connectivity index (χ2v) is 5.24. The Bertz CT molecular complexity index is 438. The third kappa shape index (κ3) is 3.25. The Morgan fingerprint density at radius 1 is 1.42 bits per heavy atom. The number of carbonyl (C=O) groups is 1. The quantitative estimate of drug-likeness (QED) is 0.843. The lowest BCUT2D eigenvalue weighted by Crippen LogP contribution is -2.35. The van der Waals surface area contributed by atoms with Crippen molar-refractivity contribution in [3.05, 3.63) is 34.9 Å². The number of carbonyl (C=O) groups excluding carboxylic acids is 1. The molecule has 0 aromatic heterocycles. The van der Waals surface area contributed by atoms with Crippen LogP contribution in [0.2, 0.25) is 5.02 Å². The largest absolute Gasteiger partial charge is 0.337 e. The number of nitrogens with zero attached hydrogens (tertiary/aromatic N) is 1. The van der Waals surface area contributed by atoms with Crippen LogP contribution in [0.25, 0.3) is 0 Å². The summed E-state index contributed by atoms with van der Waals surface area (Å²) in [4.78, 5) is 13.6. The van der Waals surface area contributed by atoms with Gasteiger partial charge < -0.3 is 10.2 Å². The minimum Gasteiger partial charge on any atom is -0.337 e. The van der Waals surface area contributed by atoms with E-state index in [4.69, 9.17) is 11.6 Å². The van der Waals surface area contributed by atoms with Crippen LogP contribution in [0.1, 0.15) is 24.4 Å². The zero-order valence-electron chi connectivity index (χ0n) is 10.9. The molecule has 0 unspecified atom stereocenters. The molecule has 0 aliphatic carbocycles. The number of hydrogen-bond acceptors (Lipinski definition) is 2. The summed E-state index contributed by atoms with van der Waals surface area (Å²) in [6, 6.07) is 7.55. The molecule has 1 aromatic rings. The van der Waals surface area contributed by atoms with Gasteiger partial charge in [-0.15, -0.1) is 0 Å². The van der Waals surface area contributed by atoms with Gasteiger partial charge in [-0.1, -0.05) is 23.7 Å². The number of halogens is 2. The molecule has 19 heavy (non-hydrogen) atoms. The summed E-state index contributed by atoms with van der Waals surface area (Å²) in [6.45, 7) is 0.251. The molecule has 1 heterocycles. The van der Waals surface area contributed by atoms with Gasteiger partial charge in [0.05, 0.1) is 12.7 Å². The maximum Gasteiger partial charge on any atom is 0.224 e. The average Bonchev–Trinajstić information content (AvgIpc) is 2.67. The third-order valence-electron chi connectivity index (χ3n) is 3.51. The Kier molecular flexibility index (Phi) is 4.77. The Morgan fingerprint density at radius 2 is 2.11 bits per heavy atom. The first kappa shape index (κ1) is 14.3. The molecule has 2 atom stereocenters. The van der Waals surface area contributed by atoms with Crippen LogP contribution >= 0.6 is 11.6 Å². The molecular formula is C14H18ClFN2O. The summed E-state index contributed by atoms with van der Waals surface area (Å²) in [7, 11) is 1.80. The molecule has 3 nitrogen and oxygen atoms in total. The summed E-state index contributed by atoms with van der Waals surface area (Å²) in [6.07, 6.45) is 0.928. The van der Waals surface area contributed by atoms with Crippen LogP contribution in [0, 0.1) is 0 Å². The molecule has 1 amide bonds. The van der Waals surface area contributed by atoms with Gasteiger partial charge in [0.25, 0.3) is 0 Å². The average molecular weight is 285 g/mol. The van der Waals surface area contributed by atoms with E-state index in [2.05, 4.69) is 5.32 Å². The minimum absolute atomic E-state index is 0.00984. The van der Waals surface area contributed by atoms with Crippen LogP contribution < -0.4 is 5.32 Å². The minimum atomic E-state index is -0.338. The predicted octanol–water partition coefficient (Wildman–Crippen LogP) is 2.56. The van der Waals surface area contributed by atoms with Crippen molar-refractivity contribution < 1.29 is 9.18 Å². The van der Waals surface area contributed by atoms with Crippen LogP contribution in [0.5, 0.6) is 0 Å². The van der Waals surface area contributed by atoms with Crippen LogP contribution in [-0.2, 0) is 4.79 Å². The third-order valence-corrected chi connectivity index (χ3v) is 3.77. The van der Waals surface area contributed by atoms with Crippen molar-refractivity contribution >= 4 is 17.5 Å². The lowest BCUT2D eigenvalue weighted by Gasteiger charge is -2.26. The molecule has 104 valence electrons. The predicted molar refractivity (Wildman–Crippen MR) is 74.0 cm³/mol. The van der Waals surface area contributed by atoms with E-state index >= 15 is 0 Å². The van der Waals surface area contributed by atoms with Gasteiger partial charge in [0, 0.05) is 24.5 Å². The standard InChI is InChI=1S/C14H18ClFN2O/c1-18-13(19)9-12(17-8-2-7-16)14(18)10-3-5-11(15)6-4-10/h3-6,12,14,17H,2,7-9H2,1H3/t12-,14-/m0/s1. The van der Waals surface area contributed by atoms with E-state index < -0.39 is 0 Å². The smallest absolute Gasteiger partial charge is 0.224 e. The highest BCUT2D eigenvalue weighted by atomic mass is 35.5. The highest BCUT2D eigenvalue weighted by Gasteiger charge is 2.37. The first-order valence-corrected chi connectivity index (χ1v) is 6.81. The maximum atomic E-state index is 12.2. The van der Waals surface area contributed by atoms with Crippen molar-refractivity contribution in [1.29, 1.82) is 0 Å². The van der Waals surface area contributed by atoms with E-state index in [1.165, 1.54) is 0 Å². The Balaban J connectivity index is 2.13. The second kappa shape index (κ2) is 6.35. The maximum absolute atomic E-state index is 12.2. The van der Waals surface area contributed by atoms with Gasteiger partial charge in [-0.05, 0) is 30.7 Å². The first-order chi connectivity index (χ1) is 9.13. The van der Waals surface area contributed by atoms with Gasteiger partial charge in [-0.2, -0.15) is 0 Å². The molecule has 5 heteroatoms. The number of likely N-dealkylation sites (tertiary alicyclic amines) is 1. The molecule has 1 N–H and O–H groups in total. The van der Waals surface area contributed by atoms with E-state index in [1.807, 2.05) is 24.3 Å². The number of likely N-dealkylation sites (N-methyl/N-ethyl adjacent to an activating group) is 1. The lowest BCUT2D eigenvalue weighted by molar-refractivity contribution is -0.127. The van der Waals surface area contributed by atoms with Crippen LogP contribution in [-0.4, -0.2) is 37.1 Å². The first-order valence-electron chi connectivity index (χ1n) is 6.44. The summed E-state index contributed by atoms with van der Waals surface area (Å²) in [5.74, 6) is 0.109. The number of hydrogen-bond donors (Lipinski definition) is 1. The SMILES string of the molecule is CN1C(=O)C[C@H](NCCCF)[C@@H]1c1ccc(Cl)cc1. The van der Waals surface area contributed by atoms with Crippen LogP contribution in [0.15, 0.2) is 24.3 Å². The molecule has 0 radical (unpaired) electrons. The van der Waals surface area contributed by atoms with Crippen molar-refractivity contribution in [2.24, 2.45) is 0 Å². The Morgan fingerprint density at radius 3 is 2.74 bits per heavy atom. The molecule has 1 fully saturated rings. The van der Waals surface area contributed by atoms with Crippen LogP contribution in [0.3, 0.4) is 0 Å². The number of benzene rings is 1. The van der Waals surface area contributed by atoms with E-state index in [9.17, 15) is 9.18 Å². The van der Waals surface area contributed by atoms with Crippen molar-refractivity contribution in [2.45, 2.75) is 24.9 Å². The fourth-order valence-corrected chi connectivity index (χ4v) is 2.65. The van der Waals surface area contributed by atoms with E-state index in [1.54, 1.807) is 11.9 Å². The van der Waals surface area contributed by atoms with Gasteiger partial charge in [-0.25, -0.2) is 0 Å². The normalized spacial score (nSPS) is 23.1. The fraction of sp³-hybridized carbons (Fsp3) is 0.500. The second-order valence-electron chi connectivity index (χ2n) is 4.81. The summed E-state index contributed by atoms with van der Waals surface area (Å²) >= 11 is 5.88. The highest BCUT2D eigenvalue weighted by molar-refractivity contribution is 6.30. The summed E-state index contributed by atoms with van der Waals surface area (Å²) < 4.78 is 12.2. The summed E-state index contributed by atoms with van der Waals surface area (Å²) in [5.41, 5.74) is 1.05. The van der Waals surface area contributed by atoms with Crippen molar-refractivity contribution in [1.82, 2.24) is 10.2 Å². The zero-order chi connectivity index (χ0) is 13.8.